The van der Waals surface area contributed by atoms with E-state index in [1.807, 2.05) is 31.3 Å². The van der Waals surface area contributed by atoms with Crippen LogP contribution in [-0.4, -0.2) is 7.05 Å². The number of rotatable bonds is 4. The smallest absolute Gasteiger partial charge is 0.0594 e. The molecule has 0 aliphatic heterocycles. The van der Waals surface area contributed by atoms with Gasteiger partial charge in [-0.15, -0.1) is 0 Å². The van der Waals surface area contributed by atoms with Crippen molar-refractivity contribution in [2.24, 2.45) is 0 Å². The van der Waals surface area contributed by atoms with E-state index in [0.717, 1.165) is 11.3 Å². The summed E-state index contributed by atoms with van der Waals surface area (Å²) in [7, 11) is 1.96. The molecule has 0 fully saturated rings. The van der Waals surface area contributed by atoms with Crippen molar-refractivity contribution >= 4 is 5.69 Å². The predicted molar refractivity (Wildman–Crippen MR) is 93.6 cm³/mol. The van der Waals surface area contributed by atoms with E-state index in [-0.39, 0.29) is 6.04 Å². The van der Waals surface area contributed by atoms with Crippen molar-refractivity contribution in [2.45, 2.75) is 6.04 Å². The molecule has 2 nitrogen and oxygen atoms in total. The van der Waals surface area contributed by atoms with E-state index in [9.17, 15) is 0 Å². The van der Waals surface area contributed by atoms with Crippen LogP contribution >= 0.6 is 0 Å². The second kappa shape index (κ2) is 6.46. The summed E-state index contributed by atoms with van der Waals surface area (Å²) in [4.78, 5) is 0. The molecule has 0 radical (unpaired) electrons. The van der Waals surface area contributed by atoms with Crippen LogP contribution in [0.4, 0.5) is 5.69 Å². The van der Waals surface area contributed by atoms with E-state index in [0.29, 0.717) is 0 Å². The van der Waals surface area contributed by atoms with E-state index in [1.165, 1.54) is 16.7 Å². The quantitative estimate of drug-likeness (QED) is 0.705. The van der Waals surface area contributed by atoms with Gasteiger partial charge in [0.05, 0.1) is 6.04 Å². The van der Waals surface area contributed by atoms with E-state index in [1.54, 1.807) is 0 Å². The molecule has 0 amide bonds. The maximum Gasteiger partial charge on any atom is 0.0594 e. The third-order valence-corrected chi connectivity index (χ3v) is 3.92. The Balaban J connectivity index is 2.02. The summed E-state index contributed by atoms with van der Waals surface area (Å²) >= 11 is 0. The number of nitrogens with one attached hydrogen (secondary N) is 1. The van der Waals surface area contributed by atoms with Crippen LogP contribution in [0.1, 0.15) is 17.2 Å². The zero-order chi connectivity index (χ0) is 15.4. The summed E-state index contributed by atoms with van der Waals surface area (Å²) in [6.07, 6.45) is 0. The molecule has 0 aliphatic rings. The first-order valence-electron chi connectivity index (χ1n) is 7.46. The lowest BCUT2D eigenvalue weighted by molar-refractivity contribution is 0.694. The molecule has 22 heavy (non-hydrogen) atoms. The fourth-order valence-electron chi connectivity index (χ4n) is 2.80. The Hall–Kier alpha value is -2.58. The highest BCUT2D eigenvalue weighted by Crippen LogP contribution is 2.29. The number of benzene rings is 3. The van der Waals surface area contributed by atoms with Crippen molar-refractivity contribution in [1.29, 1.82) is 0 Å². The normalized spacial score (nSPS) is 12.0. The molecule has 0 bridgehead atoms. The van der Waals surface area contributed by atoms with Gasteiger partial charge in [-0.25, -0.2) is 0 Å². The SMILES string of the molecule is CNC(c1cccc(-c2ccccc2)c1)c1ccccc1N. The van der Waals surface area contributed by atoms with Crippen molar-refractivity contribution in [3.05, 3.63) is 90.0 Å². The summed E-state index contributed by atoms with van der Waals surface area (Å²) in [5.74, 6) is 0. The highest BCUT2D eigenvalue weighted by Gasteiger charge is 2.14. The lowest BCUT2D eigenvalue weighted by Gasteiger charge is -2.20. The molecule has 0 aliphatic carbocycles. The first-order valence-corrected chi connectivity index (χ1v) is 7.46. The molecule has 110 valence electrons. The zero-order valence-electron chi connectivity index (χ0n) is 12.7. The van der Waals surface area contributed by atoms with E-state index >= 15 is 0 Å². The molecule has 3 N–H and O–H groups in total. The van der Waals surface area contributed by atoms with Crippen molar-refractivity contribution in [1.82, 2.24) is 5.32 Å². The van der Waals surface area contributed by atoms with Crippen LogP contribution in [-0.2, 0) is 0 Å². The Morgan fingerprint density at radius 1 is 0.773 bits per heavy atom. The third-order valence-electron chi connectivity index (χ3n) is 3.92. The van der Waals surface area contributed by atoms with Crippen LogP contribution in [0.2, 0.25) is 0 Å². The molecule has 2 heteroatoms. The second-order valence-corrected chi connectivity index (χ2v) is 5.34. The van der Waals surface area contributed by atoms with Gasteiger partial charge in [-0.1, -0.05) is 66.7 Å². The lowest BCUT2D eigenvalue weighted by atomic mass is 9.94. The number of hydrogen-bond acceptors (Lipinski definition) is 2. The Morgan fingerprint density at radius 3 is 2.18 bits per heavy atom. The van der Waals surface area contributed by atoms with Gasteiger partial charge in [0.25, 0.3) is 0 Å². The van der Waals surface area contributed by atoms with E-state index < -0.39 is 0 Å². The van der Waals surface area contributed by atoms with Gasteiger partial charge in [0.15, 0.2) is 0 Å². The molecular weight excluding hydrogens is 268 g/mol. The first kappa shape index (κ1) is 14.4. The Labute approximate surface area is 131 Å². The minimum absolute atomic E-state index is 0.0878. The lowest BCUT2D eigenvalue weighted by Crippen LogP contribution is -2.19. The Kier molecular flexibility index (Phi) is 4.22. The fourth-order valence-corrected chi connectivity index (χ4v) is 2.80. The Morgan fingerprint density at radius 2 is 1.45 bits per heavy atom. The number of anilines is 1. The maximum atomic E-state index is 6.14. The van der Waals surface area contributed by atoms with Gasteiger partial charge in [0.1, 0.15) is 0 Å². The third kappa shape index (κ3) is 2.87. The largest absolute Gasteiger partial charge is 0.398 e. The highest BCUT2D eigenvalue weighted by molar-refractivity contribution is 5.65. The number of nitrogen functional groups attached to an aromatic ring is 1. The van der Waals surface area contributed by atoms with Gasteiger partial charge in [-0.2, -0.15) is 0 Å². The average molecular weight is 288 g/mol. The molecule has 0 spiro atoms. The van der Waals surface area contributed by atoms with Crippen LogP contribution in [0.15, 0.2) is 78.9 Å². The number of hydrogen-bond donors (Lipinski definition) is 2. The molecule has 1 atom stereocenters. The van der Waals surface area contributed by atoms with Gasteiger partial charge in [0, 0.05) is 5.69 Å². The van der Waals surface area contributed by atoms with Crippen LogP contribution < -0.4 is 11.1 Å². The van der Waals surface area contributed by atoms with Crippen molar-refractivity contribution in [3.63, 3.8) is 0 Å². The number of para-hydroxylation sites is 1. The standard InChI is InChI=1S/C20H20N2/c1-22-20(18-12-5-6-13-19(18)21)17-11-7-10-16(14-17)15-8-3-2-4-9-15/h2-14,20,22H,21H2,1H3. The van der Waals surface area contributed by atoms with Crippen LogP contribution in [0, 0.1) is 0 Å². The summed E-state index contributed by atoms with van der Waals surface area (Å²) in [5.41, 5.74) is 11.7. The van der Waals surface area contributed by atoms with Crippen molar-refractivity contribution in [2.75, 3.05) is 12.8 Å². The van der Waals surface area contributed by atoms with Crippen LogP contribution in [0.3, 0.4) is 0 Å². The molecule has 3 aromatic rings. The van der Waals surface area contributed by atoms with E-state index in [2.05, 4.69) is 59.9 Å². The van der Waals surface area contributed by atoms with Gasteiger partial charge in [-0.3, -0.25) is 0 Å². The van der Waals surface area contributed by atoms with E-state index in [4.69, 9.17) is 5.73 Å². The van der Waals surface area contributed by atoms with Gasteiger partial charge < -0.3 is 11.1 Å². The fraction of sp³-hybridized carbons (Fsp3) is 0.100. The molecular formula is C20H20N2. The maximum absolute atomic E-state index is 6.14. The molecule has 3 aromatic carbocycles. The molecule has 0 heterocycles. The summed E-state index contributed by atoms with van der Waals surface area (Å²) < 4.78 is 0. The predicted octanol–water partition coefficient (Wildman–Crippen LogP) is 4.24. The monoisotopic (exact) mass is 288 g/mol. The summed E-state index contributed by atoms with van der Waals surface area (Å²) in [6.45, 7) is 0. The summed E-state index contributed by atoms with van der Waals surface area (Å²) in [5, 5.41) is 3.37. The first-order chi connectivity index (χ1) is 10.8. The molecule has 1 unspecified atom stereocenters. The number of nitrogens with two attached hydrogens (primary N) is 1. The second-order valence-electron chi connectivity index (χ2n) is 5.34. The molecule has 0 aromatic heterocycles. The van der Waals surface area contributed by atoms with Gasteiger partial charge in [-0.05, 0) is 41.4 Å². The molecule has 0 saturated carbocycles. The Bertz CT molecular complexity index is 750. The van der Waals surface area contributed by atoms with Crippen LogP contribution in [0.25, 0.3) is 11.1 Å². The summed E-state index contributed by atoms with van der Waals surface area (Å²) in [6, 6.07) is 27.1. The van der Waals surface area contributed by atoms with Crippen molar-refractivity contribution in [3.8, 4) is 11.1 Å². The minimum atomic E-state index is 0.0878. The molecule has 0 saturated heterocycles. The average Bonchev–Trinajstić information content (AvgIpc) is 2.58. The minimum Gasteiger partial charge on any atom is -0.398 e. The highest BCUT2D eigenvalue weighted by atomic mass is 14.9. The van der Waals surface area contributed by atoms with Crippen molar-refractivity contribution < 1.29 is 0 Å². The zero-order valence-corrected chi connectivity index (χ0v) is 12.7. The van der Waals surface area contributed by atoms with Crippen LogP contribution in [0.5, 0.6) is 0 Å². The van der Waals surface area contributed by atoms with Gasteiger partial charge in [0.2, 0.25) is 0 Å². The topological polar surface area (TPSA) is 38.0 Å². The van der Waals surface area contributed by atoms with Gasteiger partial charge >= 0.3 is 0 Å². The molecule has 3 rings (SSSR count).